The lowest BCUT2D eigenvalue weighted by atomic mass is 9.97. The van der Waals surface area contributed by atoms with Gasteiger partial charge in [0.1, 0.15) is 0 Å². The maximum Gasteiger partial charge on any atom is 0.243 e. The Morgan fingerprint density at radius 2 is 1.90 bits per heavy atom. The van der Waals surface area contributed by atoms with E-state index in [1.165, 1.54) is 11.2 Å². The maximum absolute atomic E-state index is 13.1. The average Bonchev–Trinajstić information content (AvgIpc) is 3.02. The zero-order valence-corrected chi connectivity index (χ0v) is 18.5. The normalized spacial score (nSPS) is 21.7. The van der Waals surface area contributed by atoms with Crippen molar-refractivity contribution in [3.8, 4) is 0 Å². The van der Waals surface area contributed by atoms with Crippen LogP contribution in [0, 0.1) is 5.92 Å². The topological polar surface area (TPSA) is 86.8 Å². The third-order valence-corrected chi connectivity index (χ3v) is 7.96. The lowest BCUT2D eigenvalue weighted by molar-refractivity contribution is -0.126. The van der Waals surface area contributed by atoms with Gasteiger partial charge in [-0.15, -0.1) is 0 Å². The molecule has 1 N–H and O–H groups in total. The molecule has 2 aliphatic rings. The van der Waals surface area contributed by atoms with Gasteiger partial charge in [-0.1, -0.05) is 6.92 Å². The third-order valence-electron chi connectivity index (χ3n) is 6.07. The predicted molar refractivity (Wildman–Crippen MR) is 112 cm³/mol. The van der Waals surface area contributed by atoms with Crippen molar-refractivity contribution in [1.82, 2.24) is 9.62 Å². The van der Waals surface area contributed by atoms with E-state index in [-0.39, 0.29) is 34.7 Å². The summed E-state index contributed by atoms with van der Waals surface area (Å²) in [7, 11) is -3.62. The summed E-state index contributed by atoms with van der Waals surface area (Å²) in [5.41, 5.74) is 1.68. The molecular weight excluding hydrogens is 390 g/mol. The molecule has 8 heteroatoms. The molecule has 1 saturated heterocycles. The van der Waals surface area contributed by atoms with E-state index in [0.29, 0.717) is 32.4 Å². The first-order chi connectivity index (χ1) is 13.6. The number of nitrogens with one attached hydrogen (secondary N) is 1. The highest BCUT2D eigenvalue weighted by atomic mass is 32.2. The Balaban J connectivity index is 1.71. The van der Waals surface area contributed by atoms with E-state index in [0.717, 1.165) is 17.7 Å². The zero-order valence-electron chi connectivity index (χ0n) is 17.6. The molecule has 0 aliphatic carbocycles. The molecule has 2 atom stereocenters. The number of hydrogen-bond donors (Lipinski definition) is 1. The molecule has 29 heavy (non-hydrogen) atoms. The first-order valence-corrected chi connectivity index (χ1v) is 11.8. The molecule has 2 aliphatic heterocycles. The van der Waals surface area contributed by atoms with Gasteiger partial charge in [0.15, 0.2) is 0 Å². The highest BCUT2D eigenvalue weighted by molar-refractivity contribution is 7.89. The number of piperidine rings is 1. The van der Waals surface area contributed by atoms with Crippen LogP contribution in [0.2, 0.25) is 0 Å². The molecule has 0 saturated carbocycles. The Labute approximate surface area is 173 Å². The van der Waals surface area contributed by atoms with Crippen LogP contribution < -0.4 is 10.2 Å². The molecule has 0 unspecified atom stereocenters. The van der Waals surface area contributed by atoms with Crippen molar-refractivity contribution in [2.75, 3.05) is 18.0 Å². The van der Waals surface area contributed by atoms with Gasteiger partial charge in [0.05, 0.1) is 4.90 Å². The van der Waals surface area contributed by atoms with Crippen LogP contribution in [0.25, 0.3) is 0 Å². The fourth-order valence-corrected chi connectivity index (χ4v) is 5.74. The summed E-state index contributed by atoms with van der Waals surface area (Å²) in [5.74, 6) is -0.155. The fourth-order valence-electron chi connectivity index (χ4n) is 4.22. The Morgan fingerprint density at radius 1 is 1.24 bits per heavy atom. The zero-order chi connectivity index (χ0) is 21.3. The van der Waals surface area contributed by atoms with E-state index in [2.05, 4.69) is 5.32 Å². The number of nitrogens with zero attached hydrogens (tertiary/aromatic N) is 2. The molecule has 160 valence electrons. The Morgan fingerprint density at radius 3 is 2.48 bits per heavy atom. The van der Waals surface area contributed by atoms with E-state index in [9.17, 15) is 18.0 Å². The predicted octanol–water partition coefficient (Wildman–Crippen LogP) is 2.30. The molecule has 1 aromatic carbocycles. The molecule has 2 heterocycles. The van der Waals surface area contributed by atoms with Crippen molar-refractivity contribution < 1.29 is 18.0 Å². The van der Waals surface area contributed by atoms with Crippen LogP contribution in [0.5, 0.6) is 0 Å². The summed E-state index contributed by atoms with van der Waals surface area (Å²) in [5, 5.41) is 2.99. The van der Waals surface area contributed by atoms with Crippen molar-refractivity contribution in [3.63, 3.8) is 0 Å². The van der Waals surface area contributed by atoms with E-state index in [1.807, 2.05) is 20.8 Å². The van der Waals surface area contributed by atoms with Gasteiger partial charge in [-0.3, -0.25) is 9.59 Å². The smallest absolute Gasteiger partial charge is 0.243 e. The first-order valence-electron chi connectivity index (χ1n) is 10.4. The van der Waals surface area contributed by atoms with Crippen LogP contribution >= 0.6 is 0 Å². The lowest BCUT2D eigenvalue weighted by Gasteiger charge is -2.31. The Kier molecular flexibility index (Phi) is 6.33. The van der Waals surface area contributed by atoms with Crippen molar-refractivity contribution in [1.29, 1.82) is 0 Å². The van der Waals surface area contributed by atoms with E-state index >= 15 is 0 Å². The highest BCUT2D eigenvalue weighted by Gasteiger charge is 2.34. The summed E-state index contributed by atoms with van der Waals surface area (Å²) in [4.78, 5) is 26.2. The Hall–Kier alpha value is -1.93. The third kappa shape index (κ3) is 4.33. The summed E-state index contributed by atoms with van der Waals surface area (Å²) in [6.45, 7) is 8.16. The van der Waals surface area contributed by atoms with Crippen LogP contribution in [0.1, 0.15) is 52.5 Å². The summed E-state index contributed by atoms with van der Waals surface area (Å²) < 4.78 is 27.7. The van der Waals surface area contributed by atoms with Crippen molar-refractivity contribution >= 4 is 27.5 Å². The number of carbonyl (C=O) groups excluding carboxylic acids is 2. The van der Waals surface area contributed by atoms with Gasteiger partial charge in [0.25, 0.3) is 0 Å². The molecule has 7 nitrogen and oxygen atoms in total. The number of carbonyl (C=O) groups is 2. The summed E-state index contributed by atoms with van der Waals surface area (Å²) in [6, 6.07) is 5.18. The lowest BCUT2D eigenvalue weighted by Crippen LogP contribution is -2.44. The van der Waals surface area contributed by atoms with Gasteiger partial charge < -0.3 is 10.2 Å². The van der Waals surface area contributed by atoms with E-state index in [4.69, 9.17) is 0 Å². The van der Waals surface area contributed by atoms with Gasteiger partial charge in [0.2, 0.25) is 21.8 Å². The molecule has 0 spiro atoms. The second kappa shape index (κ2) is 8.44. The van der Waals surface area contributed by atoms with Crippen molar-refractivity contribution in [2.24, 2.45) is 5.92 Å². The SMILES string of the molecule is CC[C@H](C)NC(=O)C1CCN(S(=O)(=O)c2ccc3c(c2)C[C@@H](C)N3C(C)=O)CC1. The van der Waals surface area contributed by atoms with E-state index < -0.39 is 10.0 Å². The number of amides is 2. The van der Waals surface area contributed by atoms with Crippen LogP contribution in [0.3, 0.4) is 0 Å². The second-order valence-electron chi connectivity index (χ2n) is 8.23. The minimum Gasteiger partial charge on any atom is -0.353 e. The largest absolute Gasteiger partial charge is 0.353 e. The van der Waals surface area contributed by atoms with Gasteiger partial charge in [-0.2, -0.15) is 4.31 Å². The van der Waals surface area contributed by atoms with E-state index in [1.54, 1.807) is 23.1 Å². The highest BCUT2D eigenvalue weighted by Crippen LogP contribution is 2.35. The molecule has 0 aromatic heterocycles. The molecule has 3 rings (SSSR count). The minimum atomic E-state index is -3.62. The first kappa shape index (κ1) is 21.8. The molecule has 2 amide bonds. The van der Waals surface area contributed by atoms with Gasteiger partial charge in [-0.05, 0) is 63.3 Å². The number of anilines is 1. The van der Waals surface area contributed by atoms with Gasteiger partial charge in [0, 0.05) is 43.7 Å². The van der Waals surface area contributed by atoms with Gasteiger partial charge in [-0.25, -0.2) is 8.42 Å². The quantitative estimate of drug-likeness (QED) is 0.790. The minimum absolute atomic E-state index is 0.0206. The molecule has 1 fully saturated rings. The Bertz CT molecular complexity index is 891. The standard InChI is InChI=1S/C21H31N3O4S/c1-5-14(2)22-21(26)17-8-10-23(11-9-17)29(27,28)19-6-7-20-18(13-19)12-15(3)24(20)16(4)25/h6-7,13-15,17H,5,8-12H2,1-4H3,(H,22,26)/t14-,15+/m0/s1. The van der Waals surface area contributed by atoms with Crippen LogP contribution in [0.15, 0.2) is 23.1 Å². The van der Waals surface area contributed by atoms with Crippen molar-refractivity contribution in [3.05, 3.63) is 23.8 Å². The number of benzene rings is 1. The number of rotatable bonds is 5. The fraction of sp³-hybridized carbons (Fsp3) is 0.619. The number of sulfonamides is 1. The average molecular weight is 422 g/mol. The molecule has 0 radical (unpaired) electrons. The number of hydrogen-bond acceptors (Lipinski definition) is 4. The summed E-state index contributed by atoms with van der Waals surface area (Å²) in [6.07, 6.45) is 2.58. The summed E-state index contributed by atoms with van der Waals surface area (Å²) >= 11 is 0. The van der Waals surface area contributed by atoms with Crippen molar-refractivity contribution in [2.45, 2.75) is 70.4 Å². The van der Waals surface area contributed by atoms with Crippen LogP contribution in [-0.2, 0) is 26.0 Å². The monoisotopic (exact) mass is 421 g/mol. The van der Waals surface area contributed by atoms with Crippen LogP contribution in [0.4, 0.5) is 5.69 Å². The second-order valence-corrected chi connectivity index (χ2v) is 10.2. The van der Waals surface area contributed by atoms with Gasteiger partial charge >= 0.3 is 0 Å². The maximum atomic E-state index is 13.1. The van der Waals surface area contributed by atoms with Crippen LogP contribution in [-0.4, -0.2) is 49.7 Å². The molecule has 0 bridgehead atoms. The molecular formula is C21H31N3O4S. The molecule has 1 aromatic rings. The number of fused-ring (bicyclic) bond motifs is 1.